The van der Waals surface area contributed by atoms with Gasteiger partial charge in [-0.2, -0.15) is 0 Å². The minimum absolute atomic E-state index is 0.000709. The van der Waals surface area contributed by atoms with E-state index in [1.165, 1.54) is 0 Å². The average molecular weight is 406 g/mol. The summed E-state index contributed by atoms with van der Waals surface area (Å²) < 4.78 is 33.9. The Hall–Kier alpha value is -2.19. The highest BCUT2D eigenvalue weighted by molar-refractivity contribution is 7.89. The second-order valence-corrected chi connectivity index (χ2v) is 9.85. The van der Waals surface area contributed by atoms with Gasteiger partial charge in [0.05, 0.1) is 4.90 Å². The molecule has 3 rings (SSSR count). The van der Waals surface area contributed by atoms with Crippen molar-refractivity contribution in [3.63, 3.8) is 0 Å². The van der Waals surface area contributed by atoms with Crippen LogP contribution in [-0.4, -0.2) is 37.2 Å². The first-order valence-corrected chi connectivity index (χ1v) is 11.0. The first-order valence-electron chi connectivity index (χ1n) is 9.49. The van der Waals surface area contributed by atoms with Crippen molar-refractivity contribution < 1.29 is 17.9 Å². The maximum Gasteiger partial charge on any atom is 0.407 e. The molecule has 1 fully saturated rings. The minimum Gasteiger partial charge on any atom is -0.444 e. The van der Waals surface area contributed by atoms with Crippen LogP contribution in [-0.2, 0) is 14.8 Å². The standard InChI is InChI=1S/C20H27N3O4S/c1-20(2,3)27-19(24)22-15-7-9-16(10-8-15)23-28(25,26)18-6-4-5-14-13-21-12-11-17(14)18/h4-6,11-13,15-16,23H,7-10H2,1-3H3,(H,22,24)/t15-,16-. The van der Waals surface area contributed by atoms with Gasteiger partial charge in [0, 0.05) is 35.2 Å². The number of rotatable bonds is 4. The molecule has 8 heteroatoms. The van der Waals surface area contributed by atoms with Crippen molar-refractivity contribution in [1.82, 2.24) is 15.0 Å². The summed E-state index contributed by atoms with van der Waals surface area (Å²) in [6.45, 7) is 5.46. The summed E-state index contributed by atoms with van der Waals surface area (Å²) in [6.07, 6.45) is 5.54. The highest BCUT2D eigenvalue weighted by Gasteiger charge is 2.28. The molecule has 7 nitrogen and oxygen atoms in total. The molecule has 0 bridgehead atoms. The molecule has 2 N–H and O–H groups in total. The van der Waals surface area contributed by atoms with Crippen LogP contribution in [0.5, 0.6) is 0 Å². The molecular formula is C20H27N3O4S. The molecular weight excluding hydrogens is 378 g/mol. The Bertz CT molecular complexity index is 940. The van der Waals surface area contributed by atoms with Crippen molar-refractivity contribution in [3.05, 3.63) is 36.7 Å². The number of alkyl carbamates (subject to hydrolysis) is 1. The number of amides is 1. The van der Waals surface area contributed by atoms with Gasteiger partial charge in [-0.05, 0) is 58.6 Å². The lowest BCUT2D eigenvalue weighted by molar-refractivity contribution is 0.0490. The molecule has 1 aromatic carbocycles. The summed E-state index contributed by atoms with van der Waals surface area (Å²) in [5.74, 6) is 0. The van der Waals surface area contributed by atoms with Crippen molar-refractivity contribution in [2.75, 3.05) is 0 Å². The molecule has 0 unspecified atom stereocenters. The molecule has 0 saturated heterocycles. The van der Waals surface area contributed by atoms with E-state index in [1.54, 1.807) is 30.6 Å². The number of hydrogen-bond acceptors (Lipinski definition) is 5. The lowest BCUT2D eigenvalue weighted by Gasteiger charge is -2.30. The molecule has 2 aromatic rings. The number of nitrogens with one attached hydrogen (secondary N) is 2. The summed E-state index contributed by atoms with van der Waals surface area (Å²) in [4.78, 5) is 16.2. The smallest absolute Gasteiger partial charge is 0.407 e. The third kappa shape index (κ3) is 5.20. The fourth-order valence-electron chi connectivity index (χ4n) is 3.44. The molecule has 1 aliphatic carbocycles. The SMILES string of the molecule is CC(C)(C)OC(=O)N[C@H]1CC[C@H](NS(=O)(=O)c2cccc3cnccc23)CC1. The predicted molar refractivity (Wildman–Crippen MR) is 107 cm³/mol. The van der Waals surface area contributed by atoms with Crippen LogP contribution in [0.3, 0.4) is 0 Å². The van der Waals surface area contributed by atoms with Crippen LogP contribution in [0.1, 0.15) is 46.5 Å². The quantitative estimate of drug-likeness (QED) is 0.813. The van der Waals surface area contributed by atoms with Gasteiger partial charge in [0.15, 0.2) is 0 Å². The highest BCUT2D eigenvalue weighted by Crippen LogP contribution is 2.25. The molecule has 1 heterocycles. The largest absolute Gasteiger partial charge is 0.444 e. The number of carbonyl (C=O) groups excluding carboxylic acids is 1. The zero-order valence-electron chi connectivity index (χ0n) is 16.4. The van der Waals surface area contributed by atoms with Crippen LogP contribution in [0.4, 0.5) is 4.79 Å². The molecule has 0 atom stereocenters. The molecule has 0 radical (unpaired) electrons. The second kappa shape index (κ2) is 8.05. The summed E-state index contributed by atoms with van der Waals surface area (Å²) in [7, 11) is -3.64. The fraction of sp³-hybridized carbons (Fsp3) is 0.500. The van der Waals surface area contributed by atoms with E-state index in [-0.39, 0.29) is 17.0 Å². The lowest BCUT2D eigenvalue weighted by atomic mass is 9.92. The third-order valence-electron chi connectivity index (χ3n) is 4.70. The van der Waals surface area contributed by atoms with Crippen LogP contribution < -0.4 is 10.0 Å². The Kier molecular flexibility index (Phi) is 5.90. The second-order valence-electron chi connectivity index (χ2n) is 8.17. The van der Waals surface area contributed by atoms with E-state index in [0.29, 0.717) is 31.1 Å². The van der Waals surface area contributed by atoms with E-state index in [4.69, 9.17) is 4.74 Å². The van der Waals surface area contributed by atoms with E-state index >= 15 is 0 Å². The lowest BCUT2D eigenvalue weighted by Crippen LogP contribution is -2.45. The molecule has 152 valence electrons. The van der Waals surface area contributed by atoms with Gasteiger partial charge in [0.2, 0.25) is 10.0 Å². The van der Waals surface area contributed by atoms with Gasteiger partial charge in [0.1, 0.15) is 5.60 Å². The van der Waals surface area contributed by atoms with Gasteiger partial charge >= 0.3 is 6.09 Å². The fourth-order valence-corrected chi connectivity index (χ4v) is 4.97. The van der Waals surface area contributed by atoms with Gasteiger partial charge < -0.3 is 10.1 Å². The van der Waals surface area contributed by atoms with E-state index in [2.05, 4.69) is 15.0 Å². The number of nitrogens with zero attached hydrogens (tertiary/aromatic N) is 1. The van der Waals surface area contributed by atoms with Gasteiger partial charge in [-0.15, -0.1) is 0 Å². The van der Waals surface area contributed by atoms with Gasteiger partial charge in [0.25, 0.3) is 0 Å². The maximum atomic E-state index is 12.9. The predicted octanol–water partition coefficient (Wildman–Crippen LogP) is 3.35. The van der Waals surface area contributed by atoms with E-state index in [0.717, 1.165) is 5.39 Å². The molecule has 1 amide bonds. The number of sulfonamides is 1. The Morgan fingerprint density at radius 3 is 2.46 bits per heavy atom. The number of hydrogen-bond donors (Lipinski definition) is 2. The van der Waals surface area contributed by atoms with E-state index in [1.807, 2.05) is 26.8 Å². The topological polar surface area (TPSA) is 97.4 Å². The minimum atomic E-state index is -3.64. The number of benzene rings is 1. The van der Waals surface area contributed by atoms with Crippen LogP contribution >= 0.6 is 0 Å². The number of ether oxygens (including phenoxy) is 1. The van der Waals surface area contributed by atoms with Crippen molar-refractivity contribution in [2.24, 2.45) is 0 Å². The molecule has 0 spiro atoms. The first-order chi connectivity index (χ1) is 13.1. The van der Waals surface area contributed by atoms with Crippen LogP contribution in [0.15, 0.2) is 41.6 Å². The summed E-state index contributed by atoms with van der Waals surface area (Å²) in [6, 6.07) is 6.74. The van der Waals surface area contributed by atoms with Gasteiger partial charge in [-0.25, -0.2) is 17.9 Å². The number of carbonyl (C=O) groups is 1. The molecule has 28 heavy (non-hydrogen) atoms. The molecule has 1 saturated carbocycles. The zero-order valence-corrected chi connectivity index (χ0v) is 17.3. The molecule has 1 aromatic heterocycles. The van der Waals surface area contributed by atoms with E-state index in [9.17, 15) is 13.2 Å². The molecule has 1 aliphatic rings. The van der Waals surface area contributed by atoms with Crippen LogP contribution in [0.2, 0.25) is 0 Å². The van der Waals surface area contributed by atoms with Crippen molar-refractivity contribution in [3.8, 4) is 0 Å². The summed E-state index contributed by atoms with van der Waals surface area (Å²) in [5, 5.41) is 4.31. The Morgan fingerprint density at radius 2 is 1.79 bits per heavy atom. The van der Waals surface area contributed by atoms with E-state index < -0.39 is 21.7 Å². The number of fused-ring (bicyclic) bond motifs is 1. The first kappa shape index (κ1) is 20.5. The molecule has 0 aliphatic heterocycles. The maximum absolute atomic E-state index is 12.9. The Labute approximate surface area is 165 Å². The summed E-state index contributed by atoms with van der Waals surface area (Å²) in [5.41, 5.74) is -0.537. The number of pyridine rings is 1. The highest BCUT2D eigenvalue weighted by atomic mass is 32.2. The monoisotopic (exact) mass is 405 g/mol. The Balaban J connectivity index is 1.60. The summed E-state index contributed by atoms with van der Waals surface area (Å²) >= 11 is 0. The normalized spacial score (nSPS) is 20.7. The van der Waals surface area contributed by atoms with Crippen molar-refractivity contribution in [2.45, 2.75) is 69.0 Å². The van der Waals surface area contributed by atoms with Crippen molar-refractivity contribution in [1.29, 1.82) is 0 Å². The average Bonchev–Trinajstić information content (AvgIpc) is 2.61. The van der Waals surface area contributed by atoms with Crippen molar-refractivity contribution >= 4 is 26.9 Å². The van der Waals surface area contributed by atoms with Gasteiger partial charge in [-0.3, -0.25) is 4.98 Å². The van der Waals surface area contributed by atoms with Crippen LogP contribution in [0, 0.1) is 0 Å². The third-order valence-corrected chi connectivity index (χ3v) is 6.28. The van der Waals surface area contributed by atoms with Crippen LogP contribution in [0.25, 0.3) is 10.8 Å². The Morgan fingerprint density at radius 1 is 1.11 bits per heavy atom. The number of aromatic nitrogens is 1. The van der Waals surface area contributed by atoms with Gasteiger partial charge in [-0.1, -0.05) is 12.1 Å². The zero-order chi connectivity index (χ0) is 20.4.